The van der Waals surface area contributed by atoms with Gasteiger partial charge in [-0.1, -0.05) is 12.2 Å². The molecule has 0 saturated heterocycles. The first-order chi connectivity index (χ1) is 6.68. The van der Waals surface area contributed by atoms with E-state index in [1.807, 2.05) is 4.57 Å². The zero-order valence-electron chi connectivity index (χ0n) is 7.64. The van der Waals surface area contributed by atoms with E-state index in [1.54, 1.807) is 13.3 Å². The summed E-state index contributed by atoms with van der Waals surface area (Å²) in [5.74, 6) is 0. The van der Waals surface area contributed by atoms with Gasteiger partial charge in [0.1, 0.15) is 11.2 Å². The zero-order chi connectivity index (χ0) is 10.1. The molecule has 0 aliphatic rings. The maximum absolute atomic E-state index is 9.25. The fourth-order valence-electron chi connectivity index (χ4n) is 1.33. The average Bonchev–Trinajstić information content (AvgIpc) is 2.49. The van der Waals surface area contributed by atoms with Crippen molar-refractivity contribution in [3.63, 3.8) is 0 Å². The number of aromatic nitrogens is 4. The second-order valence-electron chi connectivity index (χ2n) is 3.15. The monoisotopic (exact) mass is 210 g/mol. The number of rotatable bonds is 2. The van der Waals surface area contributed by atoms with Crippen molar-refractivity contribution in [2.45, 2.75) is 19.6 Å². The SMILES string of the molecule is CC(O)Cn1cnc2c(=S)nc[nH]c21. The topological polar surface area (TPSA) is 66.7 Å². The predicted octanol–water partition coefficient (Wildman–Crippen LogP) is 0.870. The van der Waals surface area contributed by atoms with Gasteiger partial charge in [0.2, 0.25) is 0 Å². The van der Waals surface area contributed by atoms with Gasteiger partial charge in [-0.25, -0.2) is 9.97 Å². The molecule has 0 aliphatic carbocycles. The Labute approximate surface area is 85.4 Å². The van der Waals surface area contributed by atoms with E-state index < -0.39 is 6.10 Å². The Morgan fingerprint density at radius 3 is 3.14 bits per heavy atom. The van der Waals surface area contributed by atoms with E-state index in [0.29, 0.717) is 16.7 Å². The summed E-state index contributed by atoms with van der Waals surface area (Å²) in [5.41, 5.74) is 1.47. The van der Waals surface area contributed by atoms with Crippen LogP contribution in [-0.4, -0.2) is 30.7 Å². The maximum Gasteiger partial charge on any atom is 0.157 e. The van der Waals surface area contributed by atoms with E-state index in [0.717, 1.165) is 5.65 Å². The van der Waals surface area contributed by atoms with E-state index in [9.17, 15) is 5.11 Å². The molecular formula is C8H10N4OS. The third-order valence-corrected chi connectivity index (χ3v) is 2.18. The van der Waals surface area contributed by atoms with Gasteiger partial charge in [-0.05, 0) is 6.92 Å². The van der Waals surface area contributed by atoms with Crippen molar-refractivity contribution in [3.8, 4) is 0 Å². The highest BCUT2D eigenvalue weighted by Gasteiger charge is 2.05. The van der Waals surface area contributed by atoms with Crippen molar-refractivity contribution >= 4 is 23.4 Å². The summed E-state index contributed by atoms with van der Waals surface area (Å²) in [6, 6.07) is 0. The van der Waals surface area contributed by atoms with Crippen LogP contribution in [0.25, 0.3) is 11.2 Å². The Hall–Kier alpha value is -1.27. The molecule has 0 aromatic carbocycles. The molecule has 2 aromatic heterocycles. The number of hydrogen-bond acceptors (Lipinski definition) is 4. The molecule has 5 nitrogen and oxygen atoms in total. The first-order valence-corrected chi connectivity index (χ1v) is 4.66. The third kappa shape index (κ3) is 1.53. The van der Waals surface area contributed by atoms with E-state index in [2.05, 4.69) is 15.0 Å². The van der Waals surface area contributed by atoms with Crippen molar-refractivity contribution in [3.05, 3.63) is 17.3 Å². The molecule has 2 rings (SSSR count). The van der Waals surface area contributed by atoms with Crippen LogP contribution in [0.15, 0.2) is 12.7 Å². The molecule has 0 fully saturated rings. The Morgan fingerprint density at radius 1 is 1.64 bits per heavy atom. The molecule has 0 radical (unpaired) electrons. The molecule has 0 spiro atoms. The summed E-state index contributed by atoms with van der Waals surface area (Å²) in [5, 5.41) is 9.25. The average molecular weight is 210 g/mol. The summed E-state index contributed by atoms with van der Waals surface area (Å²) in [6.45, 7) is 2.22. The molecule has 0 bridgehead atoms. The van der Waals surface area contributed by atoms with Crippen LogP contribution in [0.4, 0.5) is 0 Å². The number of imidazole rings is 1. The highest BCUT2D eigenvalue weighted by molar-refractivity contribution is 7.71. The molecule has 14 heavy (non-hydrogen) atoms. The summed E-state index contributed by atoms with van der Waals surface area (Å²) in [7, 11) is 0. The van der Waals surface area contributed by atoms with E-state index in [1.165, 1.54) is 6.33 Å². The molecule has 2 aromatic rings. The van der Waals surface area contributed by atoms with Gasteiger partial charge in [-0.3, -0.25) is 0 Å². The van der Waals surface area contributed by atoms with Crippen LogP contribution in [-0.2, 0) is 6.54 Å². The molecular weight excluding hydrogens is 200 g/mol. The summed E-state index contributed by atoms with van der Waals surface area (Å²) in [6.07, 6.45) is 2.76. The van der Waals surface area contributed by atoms with Crippen molar-refractivity contribution in [2.24, 2.45) is 0 Å². The van der Waals surface area contributed by atoms with Gasteiger partial charge in [-0.2, -0.15) is 0 Å². The number of nitrogens with zero attached hydrogens (tertiary/aromatic N) is 3. The number of hydrogen-bond donors (Lipinski definition) is 2. The number of H-pyrrole nitrogens is 1. The highest BCUT2D eigenvalue weighted by atomic mass is 32.1. The number of aliphatic hydroxyl groups is 1. The molecule has 0 aliphatic heterocycles. The smallest absolute Gasteiger partial charge is 0.157 e. The summed E-state index contributed by atoms with van der Waals surface area (Å²) >= 11 is 5.01. The van der Waals surface area contributed by atoms with Gasteiger partial charge in [-0.15, -0.1) is 0 Å². The normalized spacial score (nSPS) is 13.3. The molecule has 74 valence electrons. The summed E-state index contributed by atoms with van der Waals surface area (Å²) in [4.78, 5) is 11.0. The van der Waals surface area contributed by atoms with Crippen molar-refractivity contribution < 1.29 is 5.11 Å². The van der Waals surface area contributed by atoms with E-state index in [4.69, 9.17) is 12.2 Å². The van der Waals surface area contributed by atoms with Crippen molar-refractivity contribution in [1.29, 1.82) is 0 Å². The molecule has 1 unspecified atom stereocenters. The Balaban J connectivity index is 2.58. The van der Waals surface area contributed by atoms with Crippen LogP contribution < -0.4 is 0 Å². The molecule has 0 amide bonds. The van der Waals surface area contributed by atoms with E-state index in [-0.39, 0.29) is 0 Å². The highest BCUT2D eigenvalue weighted by Crippen LogP contribution is 2.09. The molecule has 6 heteroatoms. The Morgan fingerprint density at radius 2 is 2.43 bits per heavy atom. The number of fused-ring (bicyclic) bond motifs is 1. The van der Waals surface area contributed by atoms with Crippen LogP contribution >= 0.6 is 12.2 Å². The first-order valence-electron chi connectivity index (χ1n) is 4.25. The number of nitrogens with one attached hydrogen (secondary N) is 1. The minimum Gasteiger partial charge on any atom is -0.392 e. The van der Waals surface area contributed by atoms with Crippen LogP contribution in [0.2, 0.25) is 0 Å². The lowest BCUT2D eigenvalue weighted by molar-refractivity contribution is 0.175. The second kappa shape index (κ2) is 3.47. The van der Waals surface area contributed by atoms with Gasteiger partial charge >= 0.3 is 0 Å². The number of aliphatic hydroxyl groups excluding tert-OH is 1. The van der Waals surface area contributed by atoms with E-state index >= 15 is 0 Å². The van der Waals surface area contributed by atoms with Gasteiger partial charge < -0.3 is 14.7 Å². The zero-order valence-corrected chi connectivity index (χ0v) is 8.45. The Kier molecular flexibility index (Phi) is 2.30. The maximum atomic E-state index is 9.25. The molecule has 2 heterocycles. The van der Waals surface area contributed by atoms with Crippen LogP contribution in [0.5, 0.6) is 0 Å². The van der Waals surface area contributed by atoms with Crippen LogP contribution in [0.1, 0.15) is 6.92 Å². The fourth-order valence-corrected chi connectivity index (χ4v) is 1.53. The fraction of sp³-hybridized carbons (Fsp3) is 0.375. The van der Waals surface area contributed by atoms with Gasteiger partial charge in [0, 0.05) is 0 Å². The minimum atomic E-state index is -0.414. The molecule has 1 atom stereocenters. The van der Waals surface area contributed by atoms with Crippen LogP contribution in [0.3, 0.4) is 0 Å². The third-order valence-electron chi connectivity index (χ3n) is 1.88. The lowest BCUT2D eigenvalue weighted by atomic mass is 10.4. The van der Waals surface area contributed by atoms with Crippen molar-refractivity contribution in [2.75, 3.05) is 0 Å². The lowest BCUT2D eigenvalue weighted by Gasteiger charge is -2.05. The minimum absolute atomic E-state index is 0.414. The quantitative estimate of drug-likeness (QED) is 0.722. The number of aromatic amines is 1. The summed E-state index contributed by atoms with van der Waals surface area (Å²) < 4.78 is 2.29. The predicted molar refractivity (Wildman–Crippen MR) is 54.4 cm³/mol. The van der Waals surface area contributed by atoms with Gasteiger partial charge in [0.15, 0.2) is 4.64 Å². The second-order valence-corrected chi connectivity index (χ2v) is 3.54. The van der Waals surface area contributed by atoms with Crippen molar-refractivity contribution in [1.82, 2.24) is 19.5 Å². The van der Waals surface area contributed by atoms with Gasteiger partial charge in [0.25, 0.3) is 0 Å². The molecule has 2 N–H and O–H groups in total. The lowest BCUT2D eigenvalue weighted by Crippen LogP contribution is -2.11. The largest absolute Gasteiger partial charge is 0.392 e. The first kappa shape index (κ1) is 9.29. The van der Waals surface area contributed by atoms with Gasteiger partial charge in [0.05, 0.1) is 25.3 Å². The molecule has 0 saturated carbocycles. The van der Waals surface area contributed by atoms with Crippen LogP contribution in [0, 0.1) is 4.64 Å². The standard InChI is InChI=1S/C8H10N4OS/c1-5(13)2-12-4-11-6-7(12)9-3-10-8(6)14/h3-5,13H,2H2,1H3,(H,9,10,14). The Bertz CT molecular complexity index is 501.